The van der Waals surface area contributed by atoms with Crippen molar-refractivity contribution in [3.8, 4) is 0 Å². The fourth-order valence-corrected chi connectivity index (χ4v) is 2.96. The maximum Gasteiger partial charge on any atom is 0.0208 e. The first kappa shape index (κ1) is 15.5. The highest BCUT2D eigenvalue weighted by atomic mass is 15.1. The Kier molecular flexibility index (Phi) is 6.06. The molecule has 20 heavy (non-hydrogen) atoms. The maximum atomic E-state index is 3.74. The van der Waals surface area contributed by atoms with Gasteiger partial charge in [0.05, 0.1) is 0 Å². The SMILES string of the molecule is CCN1CCCC(NCc2ccc(C(C)C)cc2)CC1. The van der Waals surface area contributed by atoms with Crippen molar-refractivity contribution in [2.75, 3.05) is 19.6 Å². The molecule has 1 atom stereocenters. The van der Waals surface area contributed by atoms with Crippen molar-refractivity contribution in [1.82, 2.24) is 10.2 Å². The zero-order valence-corrected chi connectivity index (χ0v) is 13.4. The van der Waals surface area contributed by atoms with Crippen LogP contribution in [0.4, 0.5) is 0 Å². The topological polar surface area (TPSA) is 15.3 Å². The minimum Gasteiger partial charge on any atom is -0.310 e. The summed E-state index contributed by atoms with van der Waals surface area (Å²) in [5, 5.41) is 3.74. The highest BCUT2D eigenvalue weighted by Gasteiger charge is 2.15. The van der Waals surface area contributed by atoms with Crippen LogP contribution >= 0.6 is 0 Å². The van der Waals surface area contributed by atoms with E-state index in [0.717, 1.165) is 6.54 Å². The standard InChI is InChI=1S/C18H30N2/c1-4-20-12-5-6-18(11-13-20)19-14-16-7-9-17(10-8-16)15(2)3/h7-10,15,18-19H,4-6,11-14H2,1-3H3. The molecule has 1 aliphatic heterocycles. The molecule has 1 aliphatic rings. The molecule has 0 amide bonds. The largest absolute Gasteiger partial charge is 0.310 e. The van der Waals surface area contributed by atoms with Gasteiger partial charge in [-0.05, 0) is 55.9 Å². The Morgan fingerprint density at radius 2 is 1.90 bits per heavy atom. The van der Waals surface area contributed by atoms with E-state index in [1.807, 2.05) is 0 Å². The second-order valence-electron chi connectivity index (χ2n) is 6.34. The maximum absolute atomic E-state index is 3.74. The third-order valence-electron chi connectivity index (χ3n) is 4.51. The minimum atomic E-state index is 0.624. The predicted molar refractivity (Wildman–Crippen MR) is 87.1 cm³/mol. The van der Waals surface area contributed by atoms with Gasteiger partial charge in [-0.25, -0.2) is 0 Å². The van der Waals surface area contributed by atoms with Gasteiger partial charge in [0.1, 0.15) is 0 Å². The molecule has 1 N–H and O–H groups in total. The van der Waals surface area contributed by atoms with Gasteiger partial charge >= 0.3 is 0 Å². The molecule has 0 aromatic heterocycles. The summed E-state index contributed by atoms with van der Waals surface area (Å²) in [6.07, 6.45) is 3.94. The van der Waals surface area contributed by atoms with Crippen LogP contribution in [0.15, 0.2) is 24.3 Å². The molecular formula is C18H30N2. The Labute approximate surface area is 124 Å². The van der Waals surface area contributed by atoms with Crippen molar-refractivity contribution in [3.05, 3.63) is 35.4 Å². The van der Waals surface area contributed by atoms with Gasteiger partial charge in [0.15, 0.2) is 0 Å². The lowest BCUT2D eigenvalue weighted by Gasteiger charge is -2.18. The van der Waals surface area contributed by atoms with Crippen molar-refractivity contribution in [2.45, 2.75) is 58.5 Å². The Hall–Kier alpha value is -0.860. The van der Waals surface area contributed by atoms with E-state index in [1.54, 1.807) is 0 Å². The lowest BCUT2D eigenvalue weighted by atomic mass is 10.0. The summed E-state index contributed by atoms with van der Waals surface area (Å²) in [5.74, 6) is 0.624. The Bertz CT molecular complexity index is 383. The molecule has 2 heteroatoms. The lowest BCUT2D eigenvalue weighted by Crippen LogP contribution is -2.30. The minimum absolute atomic E-state index is 0.624. The van der Waals surface area contributed by atoms with Gasteiger partial charge in [0.25, 0.3) is 0 Å². The van der Waals surface area contributed by atoms with Crippen LogP contribution in [0.5, 0.6) is 0 Å². The van der Waals surface area contributed by atoms with E-state index >= 15 is 0 Å². The predicted octanol–water partition coefficient (Wildman–Crippen LogP) is 3.77. The molecular weight excluding hydrogens is 244 g/mol. The highest BCUT2D eigenvalue weighted by Crippen LogP contribution is 2.15. The fraction of sp³-hybridized carbons (Fsp3) is 0.667. The number of likely N-dealkylation sites (tertiary alicyclic amines) is 1. The first-order valence-corrected chi connectivity index (χ1v) is 8.23. The molecule has 112 valence electrons. The Morgan fingerprint density at radius 3 is 2.55 bits per heavy atom. The van der Waals surface area contributed by atoms with Crippen molar-refractivity contribution in [3.63, 3.8) is 0 Å². The zero-order valence-electron chi connectivity index (χ0n) is 13.4. The van der Waals surface area contributed by atoms with E-state index in [4.69, 9.17) is 0 Å². The van der Waals surface area contributed by atoms with E-state index in [1.165, 1.54) is 50.0 Å². The van der Waals surface area contributed by atoms with Gasteiger partial charge in [-0.1, -0.05) is 45.0 Å². The second kappa shape index (κ2) is 7.80. The molecule has 1 heterocycles. The molecule has 0 bridgehead atoms. The van der Waals surface area contributed by atoms with Crippen LogP contribution in [0.3, 0.4) is 0 Å². The van der Waals surface area contributed by atoms with Crippen LogP contribution < -0.4 is 5.32 Å². The molecule has 1 unspecified atom stereocenters. The van der Waals surface area contributed by atoms with E-state index < -0.39 is 0 Å². The summed E-state index contributed by atoms with van der Waals surface area (Å²) in [4.78, 5) is 2.57. The second-order valence-corrected chi connectivity index (χ2v) is 6.34. The summed E-state index contributed by atoms with van der Waals surface area (Å²) < 4.78 is 0. The van der Waals surface area contributed by atoms with Crippen molar-refractivity contribution < 1.29 is 0 Å². The first-order valence-electron chi connectivity index (χ1n) is 8.23. The Balaban J connectivity index is 1.79. The van der Waals surface area contributed by atoms with Crippen LogP contribution in [0.1, 0.15) is 57.1 Å². The van der Waals surface area contributed by atoms with Gasteiger partial charge in [-0.15, -0.1) is 0 Å². The Morgan fingerprint density at radius 1 is 1.15 bits per heavy atom. The summed E-state index contributed by atoms with van der Waals surface area (Å²) in [5.41, 5.74) is 2.84. The van der Waals surface area contributed by atoms with Gasteiger partial charge in [0, 0.05) is 12.6 Å². The third kappa shape index (κ3) is 4.60. The van der Waals surface area contributed by atoms with Crippen LogP contribution in [0, 0.1) is 0 Å². The van der Waals surface area contributed by atoms with Crippen LogP contribution in [0.2, 0.25) is 0 Å². The van der Waals surface area contributed by atoms with Gasteiger partial charge < -0.3 is 10.2 Å². The van der Waals surface area contributed by atoms with E-state index in [-0.39, 0.29) is 0 Å². The first-order chi connectivity index (χ1) is 9.69. The van der Waals surface area contributed by atoms with Crippen LogP contribution in [-0.4, -0.2) is 30.6 Å². The number of hydrogen-bond donors (Lipinski definition) is 1. The molecule has 0 spiro atoms. The molecule has 1 aromatic rings. The quantitative estimate of drug-likeness (QED) is 0.879. The molecule has 1 aromatic carbocycles. The zero-order chi connectivity index (χ0) is 14.4. The third-order valence-corrected chi connectivity index (χ3v) is 4.51. The average Bonchev–Trinajstić information content (AvgIpc) is 2.70. The summed E-state index contributed by atoms with van der Waals surface area (Å²) in [6, 6.07) is 9.78. The number of nitrogens with zero attached hydrogens (tertiary/aromatic N) is 1. The molecule has 2 nitrogen and oxygen atoms in total. The van der Waals surface area contributed by atoms with Crippen molar-refractivity contribution in [1.29, 1.82) is 0 Å². The number of nitrogens with one attached hydrogen (secondary N) is 1. The molecule has 2 rings (SSSR count). The van der Waals surface area contributed by atoms with Gasteiger partial charge in [-0.2, -0.15) is 0 Å². The number of rotatable bonds is 5. The number of benzene rings is 1. The van der Waals surface area contributed by atoms with Crippen LogP contribution in [0.25, 0.3) is 0 Å². The van der Waals surface area contributed by atoms with Crippen molar-refractivity contribution >= 4 is 0 Å². The molecule has 1 saturated heterocycles. The fourth-order valence-electron chi connectivity index (χ4n) is 2.96. The van der Waals surface area contributed by atoms with E-state index in [9.17, 15) is 0 Å². The van der Waals surface area contributed by atoms with E-state index in [0.29, 0.717) is 12.0 Å². The summed E-state index contributed by atoms with van der Waals surface area (Å²) in [7, 11) is 0. The van der Waals surface area contributed by atoms with Gasteiger partial charge in [-0.3, -0.25) is 0 Å². The highest BCUT2D eigenvalue weighted by molar-refractivity contribution is 5.24. The average molecular weight is 274 g/mol. The smallest absolute Gasteiger partial charge is 0.0208 e. The number of hydrogen-bond acceptors (Lipinski definition) is 2. The summed E-state index contributed by atoms with van der Waals surface area (Å²) >= 11 is 0. The summed E-state index contributed by atoms with van der Waals surface area (Å²) in [6.45, 7) is 11.5. The monoisotopic (exact) mass is 274 g/mol. The normalized spacial score (nSPS) is 21.1. The van der Waals surface area contributed by atoms with Crippen LogP contribution in [-0.2, 0) is 6.54 Å². The molecule has 0 saturated carbocycles. The van der Waals surface area contributed by atoms with Gasteiger partial charge in [0.2, 0.25) is 0 Å². The lowest BCUT2D eigenvalue weighted by molar-refractivity contribution is 0.297. The molecule has 0 radical (unpaired) electrons. The molecule has 1 fully saturated rings. The van der Waals surface area contributed by atoms with E-state index in [2.05, 4.69) is 55.3 Å². The van der Waals surface area contributed by atoms with Crippen molar-refractivity contribution in [2.24, 2.45) is 0 Å². The molecule has 0 aliphatic carbocycles.